The van der Waals surface area contributed by atoms with Gasteiger partial charge in [0.25, 0.3) is 0 Å². The SMILES string of the molecule is CCC(C)C=C(C)C(C)(C)C. The molecule has 0 aromatic carbocycles. The summed E-state index contributed by atoms with van der Waals surface area (Å²) < 4.78 is 0. The minimum absolute atomic E-state index is 0.351. The summed E-state index contributed by atoms with van der Waals surface area (Å²) in [6.07, 6.45) is 3.63. The van der Waals surface area contributed by atoms with Crippen LogP contribution in [-0.2, 0) is 0 Å². The average molecular weight is 154 g/mol. The van der Waals surface area contributed by atoms with Crippen molar-refractivity contribution in [2.24, 2.45) is 11.3 Å². The van der Waals surface area contributed by atoms with Crippen molar-refractivity contribution in [3.63, 3.8) is 0 Å². The normalized spacial score (nSPS) is 16.7. The molecule has 0 aliphatic carbocycles. The van der Waals surface area contributed by atoms with Crippen LogP contribution < -0.4 is 0 Å². The topological polar surface area (TPSA) is 0 Å². The van der Waals surface area contributed by atoms with Gasteiger partial charge in [-0.2, -0.15) is 0 Å². The zero-order valence-electron chi connectivity index (χ0n) is 8.86. The molecule has 0 spiro atoms. The maximum Gasteiger partial charge on any atom is -0.0176 e. The highest BCUT2D eigenvalue weighted by atomic mass is 14.2. The van der Waals surface area contributed by atoms with Crippen LogP contribution in [0, 0.1) is 11.3 Å². The lowest BCUT2D eigenvalue weighted by molar-refractivity contribution is 0.494. The third-order valence-electron chi connectivity index (χ3n) is 2.36. The van der Waals surface area contributed by atoms with E-state index in [0.29, 0.717) is 5.41 Å². The van der Waals surface area contributed by atoms with Gasteiger partial charge in [0.1, 0.15) is 0 Å². The predicted molar refractivity (Wildman–Crippen MR) is 52.7 cm³/mol. The van der Waals surface area contributed by atoms with Crippen LogP contribution in [0.15, 0.2) is 11.6 Å². The zero-order valence-corrected chi connectivity index (χ0v) is 8.86. The van der Waals surface area contributed by atoms with Crippen LogP contribution in [0.3, 0.4) is 0 Å². The highest BCUT2D eigenvalue weighted by Gasteiger charge is 2.12. The number of allylic oxidation sites excluding steroid dienone is 2. The number of hydrogen-bond donors (Lipinski definition) is 0. The molecule has 0 fully saturated rings. The molecule has 0 rings (SSSR count). The molecular formula is C11H22. The lowest BCUT2D eigenvalue weighted by Gasteiger charge is -2.20. The van der Waals surface area contributed by atoms with E-state index in [0.717, 1.165) is 5.92 Å². The summed E-state index contributed by atoms with van der Waals surface area (Å²) in [5, 5.41) is 0. The molecule has 0 aliphatic heterocycles. The average Bonchev–Trinajstić information content (AvgIpc) is 1.85. The quantitative estimate of drug-likeness (QED) is 0.527. The Morgan fingerprint density at radius 3 is 2.09 bits per heavy atom. The molecule has 0 aromatic rings. The molecule has 66 valence electrons. The number of hydrogen-bond acceptors (Lipinski definition) is 0. The molecule has 0 nitrogen and oxygen atoms in total. The van der Waals surface area contributed by atoms with Gasteiger partial charge in [-0.1, -0.05) is 52.7 Å². The molecule has 0 aliphatic rings. The van der Waals surface area contributed by atoms with E-state index in [2.05, 4.69) is 47.6 Å². The first-order valence-electron chi connectivity index (χ1n) is 4.56. The summed E-state index contributed by atoms with van der Waals surface area (Å²) in [6.45, 7) is 13.5. The van der Waals surface area contributed by atoms with E-state index in [-0.39, 0.29) is 0 Å². The van der Waals surface area contributed by atoms with Gasteiger partial charge in [0.2, 0.25) is 0 Å². The van der Waals surface area contributed by atoms with Crippen molar-refractivity contribution in [3.05, 3.63) is 11.6 Å². The van der Waals surface area contributed by atoms with E-state index in [4.69, 9.17) is 0 Å². The molecule has 11 heavy (non-hydrogen) atoms. The summed E-state index contributed by atoms with van der Waals surface area (Å²) in [5.41, 5.74) is 1.86. The van der Waals surface area contributed by atoms with Gasteiger partial charge in [-0.05, 0) is 18.3 Å². The van der Waals surface area contributed by atoms with Crippen molar-refractivity contribution in [2.45, 2.75) is 48.0 Å². The van der Waals surface area contributed by atoms with E-state index in [9.17, 15) is 0 Å². The van der Waals surface area contributed by atoms with Gasteiger partial charge < -0.3 is 0 Å². The highest BCUT2D eigenvalue weighted by Crippen LogP contribution is 2.25. The molecule has 0 amide bonds. The van der Waals surface area contributed by atoms with Gasteiger partial charge in [-0.3, -0.25) is 0 Å². The Bertz CT molecular complexity index is 135. The Morgan fingerprint density at radius 1 is 1.36 bits per heavy atom. The summed E-state index contributed by atoms with van der Waals surface area (Å²) in [6, 6.07) is 0. The molecule has 0 aromatic heterocycles. The number of rotatable bonds is 2. The molecule has 0 saturated heterocycles. The van der Waals surface area contributed by atoms with Crippen LogP contribution >= 0.6 is 0 Å². The molecule has 0 heterocycles. The maximum atomic E-state index is 2.39. The van der Waals surface area contributed by atoms with Gasteiger partial charge in [0.05, 0.1) is 0 Å². The van der Waals surface area contributed by atoms with Gasteiger partial charge >= 0.3 is 0 Å². The first-order valence-corrected chi connectivity index (χ1v) is 4.56. The van der Waals surface area contributed by atoms with E-state index in [1.807, 2.05) is 0 Å². The van der Waals surface area contributed by atoms with Crippen LogP contribution in [-0.4, -0.2) is 0 Å². The monoisotopic (exact) mass is 154 g/mol. The third-order valence-corrected chi connectivity index (χ3v) is 2.36. The standard InChI is InChI=1S/C11H22/c1-7-9(2)8-10(3)11(4,5)6/h8-9H,7H2,1-6H3. The van der Waals surface area contributed by atoms with Gasteiger partial charge in [-0.25, -0.2) is 0 Å². The van der Waals surface area contributed by atoms with Crippen molar-refractivity contribution >= 4 is 0 Å². The van der Waals surface area contributed by atoms with Crippen molar-refractivity contribution in [3.8, 4) is 0 Å². The minimum Gasteiger partial charge on any atom is -0.0822 e. The second kappa shape index (κ2) is 3.94. The maximum absolute atomic E-state index is 2.39. The van der Waals surface area contributed by atoms with Gasteiger partial charge in [0, 0.05) is 0 Å². The molecule has 0 saturated carbocycles. The van der Waals surface area contributed by atoms with Crippen molar-refractivity contribution in [2.75, 3.05) is 0 Å². The molecule has 1 atom stereocenters. The van der Waals surface area contributed by atoms with Gasteiger partial charge in [0.15, 0.2) is 0 Å². The Hall–Kier alpha value is -0.260. The van der Waals surface area contributed by atoms with Crippen LogP contribution in [0.1, 0.15) is 48.0 Å². The zero-order chi connectivity index (χ0) is 9.07. The Kier molecular flexibility index (Phi) is 3.85. The first kappa shape index (κ1) is 10.7. The van der Waals surface area contributed by atoms with E-state index >= 15 is 0 Å². The molecule has 0 bridgehead atoms. The summed E-state index contributed by atoms with van der Waals surface area (Å²) in [7, 11) is 0. The second-order valence-corrected chi connectivity index (χ2v) is 4.49. The predicted octanol–water partition coefficient (Wildman–Crippen LogP) is 4.02. The first-order chi connectivity index (χ1) is 4.88. The fourth-order valence-electron chi connectivity index (χ4n) is 0.795. The van der Waals surface area contributed by atoms with Crippen LogP contribution in [0.2, 0.25) is 0 Å². The fourth-order valence-corrected chi connectivity index (χ4v) is 0.795. The van der Waals surface area contributed by atoms with E-state index in [1.165, 1.54) is 12.0 Å². The van der Waals surface area contributed by atoms with Crippen LogP contribution in [0.4, 0.5) is 0 Å². The highest BCUT2D eigenvalue weighted by molar-refractivity contribution is 5.08. The molecule has 0 heteroatoms. The third kappa shape index (κ3) is 4.23. The minimum atomic E-state index is 0.351. The Labute approximate surface area is 71.7 Å². The van der Waals surface area contributed by atoms with Gasteiger partial charge in [-0.15, -0.1) is 0 Å². The lowest BCUT2D eigenvalue weighted by atomic mass is 9.85. The molecular weight excluding hydrogens is 132 g/mol. The largest absolute Gasteiger partial charge is 0.0822 e. The lowest BCUT2D eigenvalue weighted by Crippen LogP contribution is -2.07. The van der Waals surface area contributed by atoms with Crippen molar-refractivity contribution in [1.29, 1.82) is 0 Å². The van der Waals surface area contributed by atoms with Crippen LogP contribution in [0.25, 0.3) is 0 Å². The smallest absolute Gasteiger partial charge is 0.0176 e. The van der Waals surface area contributed by atoms with Crippen molar-refractivity contribution in [1.82, 2.24) is 0 Å². The molecule has 1 unspecified atom stereocenters. The molecule has 0 radical (unpaired) electrons. The van der Waals surface area contributed by atoms with Crippen LogP contribution in [0.5, 0.6) is 0 Å². The summed E-state index contributed by atoms with van der Waals surface area (Å²) in [5.74, 6) is 0.731. The molecule has 0 N–H and O–H groups in total. The fraction of sp³-hybridized carbons (Fsp3) is 0.818. The Morgan fingerprint density at radius 2 is 1.82 bits per heavy atom. The second-order valence-electron chi connectivity index (χ2n) is 4.49. The summed E-state index contributed by atoms with van der Waals surface area (Å²) >= 11 is 0. The van der Waals surface area contributed by atoms with E-state index < -0.39 is 0 Å². The van der Waals surface area contributed by atoms with E-state index in [1.54, 1.807) is 0 Å². The Balaban J connectivity index is 4.22. The van der Waals surface area contributed by atoms with Crippen molar-refractivity contribution < 1.29 is 0 Å². The summed E-state index contributed by atoms with van der Waals surface area (Å²) in [4.78, 5) is 0.